The molecule has 0 unspecified atom stereocenters. The molecule has 2 aromatic rings. The van der Waals surface area contributed by atoms with Crippen LogP contribution in [0.3, 0.4) is 0 Å². The van der Waals surface area contributed by atoms with Crippen molar-refractivity contribution < 1.29 is 27.5 Å². The van der Waals surface area contributed by atoms with E-state index in [0.717, 1.165) is 23.8 Å². The second-order valence-electron chi connectivity index (χ2n) is 5.07. The maximum Gasteiger partial charge on any atom is 0.387 e. The second kappa shape index (κ2) is 8.18. The van der Waals surface area contributed by atoms with E-state index in [1.165, 1.54) is 0 Å². The highest BCUT2D eigenvalue weighted by atomic mass is 19.3. The number of carbonyl (C=O) groups is 2. The van der Waals surface area contributed by atoms with E-state index in [1.54, 1.807) is 31.2 Å². The van der Waals surface area contributed by atoms with Gasteiger partial charge < -0.3 is 15.4 Å². The summed E-state index contributed by atoms with van der Waals surface area (Å²) in [7, 11) is 0. The van der Waals surface area contributed by atoms with Crippen LogP contribution in [0.1, 0.15) is 15.9 Å². The second-order valence-corrected chi connectivity index (χ2v) is 5.07. The Morgan fingerprint density at radius 2 is 1.88 bits per heavy atom. The zero-order chi connectivity index (χ0) is 18.4. The van der Waals surface area contributed by atoms with E-state index in [2.05, 4.69) is 15.4 Å². The molecule has 132 valence electrons. The lowest BCUT2D eigenvalue weighted by atomic mass is 10.1. The standard InChI is InChI=1S/C17H15F3N2O3/c1-10-4-2-3-5-12(10)16(24)21-9-15(23)22-14-7-6-11(8-13(14)18)25-17(19)20/h2-8,17H,9H2,1H3,(H,21,24)(H,22,23). The predicted molar refractivity (Wildman–Crippen MR) is 85.2 cm³/mol. The van der Waals surface area contributed by atoms with Gasteiger partial charge in [-0.05, 0) is 30.7 Å². The largest absolute Gasteiger partial charge is 0.435 e. The molecular weight excluding hydrogens is 337 g/mol. The van der Waals surface area contributed by atoms with Gasteiger partial charge >= 0.3 is 6.61 Å². The van der Waals surface area contributed by atoms with Crippen LogP contribution in [0.5, 0.6) is 5.75 Å². The molecule has 0 fully saturated rings. The monoisotopic (exact) mass is 352 g/mol. The van der Waals surface area contributed by atoms with Gasteiger partial charge in [-0.3, -0.25) is 9.59 Å². The Bertz CT molecular complexity index is 781. The number of ether oxygens (including phenoxy) is 1. The van der Waals surface area contributed by atoms with Gasteiger partial charge in [0.2, 0.25) is 5.91 Å². The SMILES string of the molecule is Cc1ccccc1C(=O)NCC(=O)Nc1ccc(OC(F)F)cc1F. The van der Waals surface area contributed by atoms with Crippen molar-refractivity contribution in [1.29, 1.82) is 0 Å². The first-order valence-corrected chi connectivity index (χ1v) is 7.25. The number of alkyl halides is 2. The van der Waals surface area contributed by atoms with Gasteiger partial charge in [0.25, 0.3) is 5.91 Å². The number of rotatable bonds is 6. The average Bonchev–Trinajstić information content (AvgIpc) is 2.55. The highest BCUT2D eigenvalue weighted by Gasteiger charge is 2.13. The number of halogens is 3. The lowest BCUT2D eigenvalue weighted by Crippen LogP contribution is -2.33. The van der Waals surface area contributed by atoms with Crippen LogP contribution in [0.4, 0.5) is 18.9 Å². The summed E-state index contributed by atoms with van der Waals surface area (Å²) in [5, 5.41) is 4.66. The third-order valence-electron chi connectivity index (χ3n) is 3.24. The van der Waals surface area contributed by atoms with Crippen LogP contribution in [-0.2, 0) is 4.79 Å². The number of hydrogen-bond acceptors (Lipinski definition) is 3. The number of hydrogen-bond donors (Lipinski definition) is 2. The van der Waals surface area contributed by atoms with Gasteiger partial charge in [0.1, 0.15) is 11.6 Å². The molecule has 0 spiro atoms. The van der Waals surface area contributed by atoms with E-state index >= 15 is 0 Å². The van der Waals surface area contributed by atoms with Crippen LogP contribution < -0.4 is 15.4 Å². The Morgan fingerprint density at radius 3 is 2.52 bits per heavy atom. The van der Waals surface area contributed by atoms with Crippen LogP contribution in [0.25, 0.3) is 0 Å². The topological polar surface area (TPSA) is 67.4 Å². The Labute approximate surface area is 141 Å². The lowest BCUT2D eigenvalue weighted by molar-refractivity contribution is -0.115. The molecule has 0 saturated heterocycles. The summed E-state index contributed by atoms with van der Waals surface area (Å²) in [6.45, 7) is -1.69. The van der Waals surface area contributed by atoms with E-state index in [9.17, 15) is 22.8 Å². The Balaban J connectivity index is 1.92. The number of nitrogens with one attached hydrogen (secondary N) is 2. The van der Waals surface area contributed by atoms with Gasteiger partial charge in [0.15, 0.2) is 0 Å². The molecule has 2 rings (SSSR count). The van der Waals surface area contributed by atoms with Crippen LogP contribution in [0, 0.1) is 12.7 Å². The van der Waals surface area contributed by atoms with Crippen molar-refractivity contribution in [3.8, 4) is 5.75 Å². The average molecular weight is 352 g/mol. The first-order chi connectivity index (χ1) is 11.9. The summed E-state index contributed by atoms with van der Waals surface area (Å²) < 4.78 is 41.9. The van der Waals surface area contributed by atoms with Crippen molar-refractivity contribution in [3.05, 3.63) is 59.4 Å². The van der Waals surface area contributed by atoms with E-state index in [4.69, 9.17) is 0 Å². The molecule has 25 heavy (non-hydrogen) atoms. The molecule has 0 aromatic heterocycles. The molecular formula is C17H15F3N2O3. The zero-order valence-corrected chi connectivity index (χ0v) is 13.2. The van der Waals surface area contributed by atoms with Crippen molar-refractivity contribution in [3.63, 3.8) is 0 Å². The summed E-state index contributed by atoms with van der Waals surface area (Å²) in [6, 6.07) is 9.76. The molecule has 5 nitrogen and oxygen atoms in total. The Morgan fingerprint density at radius 1 is 1.16 bits per heavy atom. The molecule has 0 saturated carbocycles. The third kappa shape index (κ3) is 5.23. The highest BCUT2D eigenvalue weighted by molar-refractivity contribution is 6.00. The first-order valence-electron chi connectivity index (χ1n) is 7.25. The number of amides is 2. The maximum absolute atomic E-state index is 13.8. The van der Waals surface area contributed by atoms with E-state index in [0.29, 0.717) is 5.56 Å². The maximum atomic E-state index is 13.8. The first kappa shape index (κ1) is 18.3. The van der Waals surface area contributed by atoms with Crippen molar-refractivity contribution in [2.75, 3.05) is 11.9 Å². The predicted octanol–water partition coefficient (Wildman–Crippen LogP) is 3.10. The summed E-state index contributed by atoms with van der Waals surface area (Å²) in [5.74, 6) is -2.40. The van der Waals surface area contributed by atoms with Crippen molar-refractivity contribution in [2.24, 2.45) is 0 Å². The summed E-state index contributed by atoms with van der Waals surface area (Å²) in [5.41, 5.74) is 0.966. The minimum atomic E-state index is -3.07. The molecule has 2 amide bonds. The van der Waals surface area contributed by atoms with Gasteiger partial charge in [-0.15, -0.1) is 0 Å². The van der Waals surface area contributed by atoms with Crippen LogP contribution >= 0.6 is 0 Å². The van der Waals surface area contributed by atoms with Crippen LogP contribution in [0.15, 0.2) is 42.5 Å². The molecule has 2 aromatic carbocycles. The summed E-state index contributed by atoms with van der Waals surface area (Å²) in [4.78, 5) is 23.8. The quantitative estimate of drug-likeness (QED) is 0.839. The highest BCUT2D eigenvalue weighted by Crippen LogP contribution is 2.21. The fourth-order valence-corrected chi connectivity index (χ4v) is 2.05. The van der Waals surface area contributed by atoms with Crippen LogP contribution in [-0.4, -0.2) is 25.0 Å². The Kier molecular flexibility index (Phi) is 5.99. The van der Waals surface area contributed by atoms with Gasteiger partial charge in [-0.1, -0.05) is 18.2 Å². The fourth-order valence-electron chi connectivity index (χ4n) is 2.05. The van der Waals surface area contributed by atoms with Gasteiger partial charge in [-0.2, -0.15) is 8.78 Å². The molecule has 0 heterocycles. The van der Waals surface area contributed by atoms with Gasteiger partial charge in [0, 0.05) is 11.6 Å². The van der Waals surface area contributed by atoms with Gasteiger partial charge in [0.05, 0.1) is 12.2 Å². The zero-order valence-electron chi connectivity index (χ0n) is 13.2. The van der Waals surface area contributed by atoms with E-state index in [-0.39, 0.29) is 18.0 Å². The summed E-state index contributed by atoms with van der Waals surface area (Å²) in [6.07, 6.45) is 0. The smallest absolute Gasteiger partial charge is 0.387 e. The molecule has 0 aliphatic rings. The third-order valence-corrected chi connectivity index (χ3v) is 3.24. The van der Waals surface area contributed by atoms with Gasteiger partial charge in [-0.25, -0.2) is 4.39 Å². The lowest BCUT2D eigenvalue weighted by Gasteiger charge is -2.10. The molecule has 0 aliphatic carbocycles. The fraction of sp³-hybridized carbons (Fsp3) is 0.176. The molecule has 2 N–H and O–H groups in total. The molecule has 0 aliphatic heterocycles. The normalized spacial score (nSPS) is 10.4. The van der Waals surface area contributed by atoms with Crippen molar-refractivity contribution >= 4 is 17.5 Å². The van der Waals surface area contributed by atoms with E-state index < -0.39 is 24.2 Å². The molecule has 0 bridgehead atoms. The summed E-state index contributed by atoms with van der Waals surface area (Å²) >= 11 is 0. The minimum Gasteiger partial charge on any atom is -0.435 e. The number of carbonyl (C=O) groups excluding carboxylic acids is 2. The van der Waals surface area contributed by atoms with E-state index in [1.807, 2.05) is 0 Å². The number of benzene rings is 2. The van der Waals surface area contributed by atoms with Crippen LogP contribution in [0.2, 0.25) is 0 Å². The molecule has 0 radical (unpaired) electrons. The van der Waals surface area contributed by atoms with Crippen molar-refractivity contribution in [1.82, 2.24) is 5.32 Å². The number of anilines is 1. The van der Waals surface area contributed by atoms with Crippen molar-refractivity contribution in [2.45, 2.75) is 13.5 Å². The minimum absolute atomic E-state index is 0.211. The Hall–Kier alpha value is -3.03. The molecule has 0 atom stereocenters. The number of aryl methyl sites for hydroxylation is 1. The molecule has 8 heteroatoms.